The van der Waals surface area contributed by atoms with E-state index >= 15 is 0 Å². The zero-order valence-corrected chi connectivity index (χ0v) is 15.3. The molecule has 1 aliphatic heterocycles. The second kappa shape index (κ2) is 6.61. The molecular weight excluding hydrogens is 342 g/mol. The molecule has 1 saturated carbocycles. The summed E-state index contributed by atoms with van der Waals surface area (Å²) in [5, 5.41) is 13.0. The molecule has 0 spiro atoms. The van der Waals surface area contributed by atoms with Gasteiger partial charge in [0.05, 0.1) is 11.8 Å². The Hall–Kier alpha value is -1.59. The van der Waals surface area contributed by atoms with Crippen LogP contribution in [0, 0.1) is 17.3 Å². The number of nitrogens with one attached hydrogen (secondary N) is 1. The number of halogens is 1. The highest BCUT2D eigenvalue weighted by molar-refractivity contribution is 6.31. The summed E-state index contributed by atoms with van der Waals surface area (Å²) in [7, 11) is 0. The summed E-state index contributed by atoms with van der Waals surface area (Å²) in [4.78, 5) is 23.9. The minimum atomic E-state index is -0.906. The first-order chi connectivity index (χ1) is 11.8. The molecule has 1 amide bonds. The Bertz CT molecular complexity index is 682. The molecule has 0 unspecified atom stereocenters. The maximum Gasteiger partial charge on any atom is 0.307 e. The normalized spacial score (nSPS) is 26.7. The largest absolute Gasteiger partial charge is 0.481 e. The van der Waals surface area contributed by atoms with Gasteiger partial charge in [-0.3, -0.25) is 9.59 Å². The summed E-state index contributed by atoms with van der Waals surface area (Å²) in [6.07, 6.45) is 1.54. The first-order valence-electron chi connectivity index (χ1n) is 8.63. The van der Waals surface area contributed by atoms with Crippen molar-refractivity contribution in [2.24, 2.45) is 17.3 Å². The third-order valence-electron chi connectivity index (χ3n) is 5.87. The molecule has 0 aromatic heterocycles. The fraction of sp³-hybridized carbons (Fsp3) is 0.579. The number of hydrogen-bond donors (Lipinski definition) is 2. The van der Waals surface area contributed by atoms with Crippen LogP contribution in [0.4, 0.5) is 0 Å². The summed E-state index contributed by atoms with van der Waals surface area (Å²) >= 11 is 6.42. The van der Waals surface area contributed by atoms with Gasteiger partial charge in [-0.25, -0.2) is 0 Å². The van der Waals surface area contributed by atoms with Crippen molar-refractivity contribution in [1.29, 1.82) is 0 Å². The predicted octanol–water partition coefficient (Wildman–Crippen LogP) is 2.86. The Morgan fingerprint density at radius 1 is 1.24 bits per heavy atom. The molecule has 2 atom stereocenters. The Kier molecular flexibility index (Phi) is 4.82. The van der Waals surface area contributed by atoms with Gasteiger partial charge in [0, 0.05) is 30.2 Å². The number of carbonyl (C=O) groups excluding carboxylic acids is 1. The molecule has 25 heavy (non-hydrogen) atoms. The first-order valence-corrected chi connectivity index (χ1v) is 9.01. The maximum atomic E-state index is 12.6. The van der Waals surface area contributed by atoms with Crippen molar-refractivity contribution in [1.82, 2.24) is 5.32 Å². The number of carbonyl (C=O) groups is 2. The monoisotopic (exact) mass is 365 g/mol. The Balaban J connectivity index is 1.76. The average Bonchev–Trinajstić information content (AvgIpc) is 3.17. The molecule has 6 heteroatoms. The molecule has 5 nitrogen and oxygen atoms in total. The van der Waals surface area contributed by atoms with Gasteiger partial charge in [0.1, 0.15) is 0 Å². The van der Waals surface area contributed by atoms with E-state index in [1.807, 2.05) is 38.1 Å². The molecule has 2 fully saturated rings. The number of hydrogen-bond acceptors (Lipinski definition) is 3. The summed E-state index contributed by atoms with van der Waals surface area (Å²) in [5.41, 5.74) is 0.248. The van der Waals surface area contributed by atoms with Crippen molar-refractivity contribution in [3.8, 4) is 0 Å². The molecule has 136 valence electrons. The van der Waals surface area contributed by atoms with Crippen LogP contribution in [0.1, 0.15) is 32.3 Å². The minimum absolute atomic E-state index is 0.185. The zero-order valence-electron chi connectivity index (χ0n) is 14.5. The van der Waals surface area contributed by atoms with Crippen LogP contribution in [0.5, 0.6) is 0 Å². The minimum Gasteiger partial charge on any atom is -0.481 e. The molecule has 1 aliphatic carbocycles. The van der Waals surface area contributed by atoms with Gasteiger partial charge in [0.2, 0.25) is 5.91 Å². The molecule has 0 radical (unpaired) electrons. The van der Waals surface area contributed by atoms with E-state index in [0.29, 0.717) is 24.8 Å². The lowest BCUT2D eigenvalue weighted by atomic mass is 9.74. The molecule has 3 rings (SSSR count). The van der Waals surface area contributed by atoms with Crippen molar-refractivity contribution < 1.29 is 19.4 Å². The lowest BCUT2D eigenvalue weighted by molar-refractivity contribution is -0.140. The van der Waals surface area contributed by atoms with Gasteiger partial charge in [0.25, 0.3) is 0 Å². The second-order valence-electron chi connectivity index (χ2n) is 7.71. The van der Waals surface area contributed by atoms with E-state index in [1.165, 1.54) is 0 Å². The van der Waals surface area contributed by atoms with Crippen molar-refractivity contribution in [2.45, 2.75) is 32.1 Å². The number of aliphatic carboxylic acids is 1. The lowest BCUT2D eigenvalue weighted by Gasteiger charge is -2.38. The highest BCUT2D eigenvalue weighted by atomic mass is 35.5. The van der Waals surface area contributed by atoms with Crippen LogP contribution in [-0.2, 0) is 19.7 Å². The van der Waals surface area contributed by atoms with Gasteiger partial charge in [-0.2, -0.15) is 0 Å². The molecule has 1 aromatic carbocycles. The smallest absolute Gasteiger partial charge is 0.307 e. The SMILES string of the molecule is CC1(C)[C@H](C(=O)O)[C@@H]1C(=O)NCC1(c2ccccc2Cl)CCOCC1. The standard InChI is InChI=1S/C19H24ClNO4/c1-18(2)14(15(18)17(23)24)16(22)21-11-19(7-9-25-10-8-19)12-5-3-4-6-13(12)20/h3-6,14-15H,7-11H2,1-2H3,(H,21,22)(H,23,24)/t14-,15+/m1/s1. The van der Waals surface area contributed by atoms with E-state index in [4.69, 9.17) is 16.3 Å². The first kappa shape index (κ1) is 18.2. The van der Waals surface area contributed by atoms with E-state index in [9.17, 15) is 14.7 Å². The van der Waals surface area contributed by atoms with Gasteiger partial charge < -0.3 is 15.2 Å². The van der Waals surface area contributed by atoms with E-state index in [-0.39, 0.29) is 11.3 Å². The number of carboxylic acids is 1. The van der Waals surface area contributed by atoms with Gasteiger partial charge in [-0.15, -0.1) is 0 Å². The van der Waals surface area contributed by atoms with Crippen LogP contribution >= 0.6 is 11.6 Å². The number of ether oxygens (including phenoxy) is 1. The van der Waals surface area contributed by atoms with E-state index in [1.54, 1.807) is 0 Å². The molecule has 2 aliphatic rings. The third kappa shape index (κ3) is 3.27. The molecule has 1 aromatic rings. The van der Waals surface area contributed by atoms with Crippen LogP contribution < -0.4 is 5.32 Å². The Morgan fingerprint density at radius 2 is 1.88 bits per heavy atom. The highest BCUT2D eigenvalue weighted by Crippen LogP contribution is 2.58. The van der Waals surface area contributed by atoms with E-state index in [2.05, 4.69) is 5.32 Å². The summed E-state index contributed by atoms with van der Waals surface area (Å²) < 4.78 is 5.50. The average molecular weight is 366 g/mol. The number of carboxylic acid groups (broad SMARTS) is 1. The number of rotatable bonds is 5. The highest BCUT2D eigenvalue weighted by Gasteiger charge is 2.65. The zero-order chi connectivity index (χ0) is 18.2. The molecular formula is C19H24ClNO4. The lowest BCUT2D eigenvalue weighted by Crippen LogP contribution is -2.45. The molecule has 2 N–H and O–H groups in total. The van der Waals surface area contributed by atoms with Crippen molar-refractivity contribution in [3.63, 3.8) is 0 Å². The quantitative estimate of drug-likeness (QED) is 0.841. The number of benzene rings is 1. The van der Waals surface area contributed by atoms with Gasteiger partial charge >= 0.3 is 5.97 Å². The van der Waals surface area contributed by atoms with Crippen LogP contribution in [0.25, 0.3) is 0 Å². The molecule has 1 saturated heterocycles. The van der Waals surface area contributed by atoms with Gasteiger partial charge in [0.15, 0.2) is 0 Å². The summed E-state index contributed by atoms with van der Waals surface area (Å²) in [6.45, 7) is 5.34. The Morgan fingerprint density at radius 3 is 2.44 bits per heavy atom. The molecule has 1 heterocycles. The van der Waals surface area contributed by atoms with Crippen molar-refractivity contribution in [3.05, 3.63) is 34.9 Å². The fourth-order valence-corrected chi connectivity index (χ4v) is 4.49. The summed E-state index contributed by atoms with van der Waals surface area (Å²) in [6, 6.07) is 7.70. The maximum absolute atomic E-state index is 12.6. The third-order valence-corrected chi connectivity index (χ3v) is 6.20. The second-order valence-corrected chi connectivity index (χ2v) is 8.11. The van der Waals surface area contributed by atoms with Crippen LogP contribution in [0.15, 0.2) is 24.3 Å². The van der Waals surface area contributed by atoms with Crippen molar-refractivity contribution >= 4 is 23.5 Å². The Labute approximate surface area is 152 Å². The van der Waals surface area contributed by atoms with Crippen molar-refractivity contribution in [2.75, 3.05) is 19.8 Å². The number of amides is 1. The van der Waals surface area contributed by atoms with Crippen LogP contribution in [-0.4, -0.2) is 36.7 Å². The van der Waals surface area contributed by atoms with Gasteiger partial charge in [-0.05, 0) is 29.9 Å². The van der Waals surface area contributed by atoms with Gasteiger partial charge in [-0.1, -0.05) is 43.6 Å². The van der Waals surface area contributed by atoms with Crippen LogP contribution in [0.2, 0.25) is 5.02 Å². The van der Waals surface area contributed by atoms with Crippen LogP contribution in [0.3, 0.4) is 0 Å². The fourth-order valence-electron chi connectivity index (χ4n) is 4.15. The predicted molar refractivity (Wildman–Crippen MR) is 94.6 cm³/mol. The molecule has 0 bridgehead atoms. The van der Waals surface area contributed by atoms with E-state index < -0.39 is 23.2 Å². The van der Waals surface area contributed by atoms with E-state index in [0.717, 1.165) is 18.4 Å². The topological polar surface area (TPSA) is 75.6 Å². The summed E-state index contributed by atoms with van der Waals surface area (Å²) in [5.74, 6) is -2.18.